The molecule has 0 amide bonds. The fraction of sp³-hybridized carbons (Fsp3) is 0.750. The molecule has 12 heavy (non-hydrogen) atoms. The standard InChI is InChI=1S/C8H16N4/c1-7(2)3-8(9)4-12-6-10-5-11-12/h5-8H,3-4,9H2,1-2H3/t8-/m0/s1. The summed E-state index contributed by atoms with van der Waals surface area (Å²) in [6.45, 7) is 5.10. The van der Waals surface area contributed by atoms with E-state index in [4.69, 9.17) is 5.73 Å². The van der Waals surface area contributed by atoms with Crippen LogP contribution in [-0.4, -0.2) is 20.8 Å². The van der Waals surface area contributed by atoms with Crippen molar-refractivity contribution in [1.29, 1.82) is 0 Å². The lowest BCUT2D eigenvalue weighted by molar-refractivity contribution is 0.428. The first kappa shape index (κ1) is 9.19. The summed E-state index contributed by atoms with van der Waals surface area (Å²) in [5, 5.41) is 3.99. The molecule has 1 atom stereocenters. The number of nitrogens with zero attached hydrogens (tertiary/aromatic N) is 3. The summed E-state index contributed by atoms with van der Waals surface area (Å²) in [6, 6.07) is 0.187. The molecule has 0 saturated carbocycles. The molecule has 1 rings (SSSR count). The van der Waals surface area contributed by atoms with Crippen molar-refractivity contribution >= 4 is 0 Å². The highest BCUT2D eigenvalue weighted by atomic mass is 15.3. The minimum atomic E-state index is 0.187. The van der Waals surface area contributed by atoms with Crippen LogP contribution in [0.5, 0.6) is 0 Å². The topological polar surface area (TPSA) is 56.7 Å². The first-order valence-corrected chi connectivity index (χ1v) is 4.26. The van der Waals surface area contributed by atoms with Crippen LogP contribution in [-0.2, 0) is 6.54 Å². The normalized spacial score (nSPS) is 13.7. The third kappa shape index (κ3) is 3.00. The van der Waals surface area contributed by atoms with E-state index in [1.165, 1.54) is 6.33 Å². The van der Waals surface area contributed by atoms with E-state index in [9.17, 15) is 0 Å². The summed E-state index contributed by atoms with van der Waals surface area (Å²) >= 11 is 0. The van der Waals surface area contributed by atoms with Crippen molar-refractivity contribution in [2.75, 3.05) is 0 Å². The summed E-state index contributed by atoms with van der Waals surface area (Å²) in [5.74, 6) is 0.642. The number of aromatic nitrogens is 3. The first-order valence-electron chi connectivity index (χ1n) is 4.26. The van der Waals surface area contributed by atoms with E-state index < -0.39 is 0 Å². The SMILES string of the molecule is CC(C)C[C@H](N)Cn1cncn1. The molecule has 0 aliphatic heterocycles. The van der Waals surface area contributed by atoms with Crippen LogP contribution in [0.25, 0.3) is 0 Å². The average Bonchev–Trinajstić information content (AvgIpc) is 2.37. The zero-order valence-electron chi connectivity index (χ0n) is 7.64. The Morgan fingerprint density at radius 1 is 1.50 bits per heavy atom. The van der Waals surface area contributed by atoms with Crippen LogP contribution in [0, 0.1) is 5.92 Å². The smallest absolute Gasteiger partial charge is 0.137 e. The van der Waals surface area contributed by atoms with Crippen LogP contribution in [0.15, 0.2) is 12.7 Å². The Morgan fingerprint density at radius 3 is 2.75 bits per heavy atom. The van der Waals surface area contributed by atoms with E-state index in [0.717, 1.165) is 13.0 Å². The molecule has 1 heterocycles. The van der Waals surface area contributed by atoms with Gasteiger partial charge in [-0.2, -0.15) is 5.10 Å². The predicted octanol–water partition coefficient (Wildman–Crippen LogP) is 0.651. The van der Waals surface area contributed by atoms with Gasteiger partial charge in [0.15, 0.2) is 0 Å². The van der Waals surface area contributed by atoms with Gasteiger partial charge in [0.2, 0.25) is 0 Å². The van der Waals surface area contributed by atoms with Gasteiger partial charge in [-0.15, -0.1) is 0 Å². The van der Waals surface area contributed by atoms with Gasteiger partial charge in [0, 0.05) is 6.04 Å². The zero-order valence-corrected chi connectivity index (χ0v) is 7.64. The highest BCUT2D eigenvalue weighted by molar-refractivity contribution is 4.66. The molecule has 4 heteroatoms. The molecule has 0 aliphatic rings. The fourth-order valence-electron chi connectivity index (χ4n) is 1.25. The Morgan fingerprint density at radius 2 is 2.25 bits per heavy atom. The molecule has 4 nitrogen and oxygen atoms in total. The molecule has 0 bridgehead atoms. The predicted molar refractivity (Wildman–Crippen MR) is 47.5 cm³/mol. The number of hydrogen-bond acceptors (Lipinski definition) is 3. The second-order valence-corrected chi connectivity index (χ2v) is 3.51. The Kier molecular flexibility index (Phi) is 3.22. The lowest BCUT2D eigenvalue weighted by atomic mass is 10.1. The maximum atomic E-state index is 5.88. The average molecular weight is 168 g/mol. The van der Waals surface area contributed by atoms with Crippen molar-refractivity contribution in [2.24, 2.45) is 11.7 Å². The maximum absolute atomic E-state index is 5.88. The molecule has 0 fully saturated rings. The van der Waals surface area contributed by atoms with Crippen LogP contribution >= 0.6 is 0 Å². The van der Waals surface area contributed by atoms with E-state index in [1.54, 1.807) is 11.0 Å². The summed E-state index contributed by atoms with van der Waals surface area (Å²) in [7, 11) is 0. The Hall–Kier alpha value is -0.900. The van der Waals surface area contributed by atoms with E-state index in [0.29, 0.717) is 5.92 Å². The molecule has 0 saturated heterocycles. The lowest BCUT2D eigenvalue weighted by Crippen LogP contribution is -2.27. The molecular formula is C8H16N4. The molecule has 0 spiro atoms. The summed E-state index contributed by atoms with van der Waals surface area (Å²) in [6.07, 6.45) is 4.25. The molecular weight excluding hydrogens is 152 g/mol. The van der Waals surface area contributed by atoms with Gasteiger partial charge in [-0.05, 0) is 12.3 Å². The number of nitrogens with two attached hydrogens (primary N) is 1. The quantitative estimate of drug-likeness (QED) is 0.718. The molecule has 0 aliphatic carbocycles. The van der Waals surface area contributed by atoms with Gasteiger partial charge in [0.1, 0.15) is 12.7 Å². The molecule has 2 N–H and O–H groups in total. The molecule has 0 aromatic carbocycles. The number of rotatable bonds is 4. The highest BCUT2D eigenvalue weighted by Gasteiger charge is 2.05. The molecule has 0 unspecified atom stereocenters. The van der Waals surface area contributed by atoms with Gasteiger partial charge in [-0.25, -0.2) is 4.98 Å². The van der Waals surface area contributed by atoms with E-state index >= 15 is 0 Å². The van der Waals surface area contributed by atoms with Crippen LogP contribution < -0.4 is 5.73 Å². The van der Waals surface area contributed by atoms with Gasteiger partial charge in [0.05, 0.1) is 6.54 Å². The molecule has 0 radical (unpaired) electrons. The second kappa shape index (κ2) is 4.21. The Balaban J connectivity index is 2.32. The summed E-state index contributed by atoms with van der Waals surface area (Å²) in [4.78, 5) is 3.85. The van der Waals surface area contributed by atoms with E-state index in [2.05, 4.69) is 23.9 Å². The monoisotopic (exact) mass is 168 g/mol. The first-order chi connectivity index (χ1) is 5.68. The third-order valence-electron chi connectivity index (χ3n) is 1.66. The molecule has 1 aromatic heterocycles. The summed E-state index contributed by atoms with van der Waals surface area (Å²) < 4.78 is 1.77. The van der Waals surface area contributed by atoms with Gasteiger partial charge in [-0.3, -0.25) is 4.68 Å². The van der Waals surface area contributed by atoms with Crippen LogP contribution in [0.1, 0.15) is 20.3 Å². The molecule has 1 aromatic rings. The Bertz CT molecular complexity index is 205. The highest BCUT2D eigenvalue weighted by Crippen LogP contribution is 2.03. The maximum Gasteiger partial charge on any atom is 0.137 e. The van der Waals surface area contributed by atoms with Crippen molar-refractivity contribution < 1.29 is 0 Å². The minimum Gasteiger partial charge on any atom is -0.326 e. The van der Waals surface area contributed by atoms with Crippen molar-refractivity contribution in [3.8, 4) is 0 Å². The lowest BCUT2D eigenvalue weighted by Gasteiger charge is -2.12. The van der Waals surface area contributed by atoms with E-state index in [-0.39, 0.29) is 6.04 Å². The largest absolute Gasteiger partial charge is 0.326 e. The van der Waals surface area contributed by atoms with Gasteiger partial charge < -0.3 is 5.73 Å². The minimum absolute atomic E-state index is 0.187. The van der Waals surface area contributed by atoms with Crippen molar-refractivity contribution in [2.45, 2.75) is 32.9 Å². The van der Waals surface area contributed by atoms with Gasteiger partial charge >= 0.3 is 0 Å². The number of hydrogen-bond donors (Lipinski definition) is 1. The second-order valence-electron chi connectivity index (χ2n) is 3.51. The van der Waals surface area contributed by atoms with Gasteiger partial charge in [-0.1, -0.05) is 13.8 Å². The molecule has 68 valence electrons. The van der Waals surface area contributed by atoms with Crippen LogP contribution in [0.4, 0.5) is 0 Å². The fourth-order valence-corrected chi connectivity index (χ4v) is 1.25. The van der Waals surface area contributed by atoms with Crippen molar-refractivity contribution in [3.05, 3.63) is 12.7 Å². The van der Waals surface area contributed by atoms with E-state index in [1.807, 2.05) is 0 Å². The van der Waals surface area contributed by atoms with Crippen LogP contribution in [0.2, 0.25) is 0 Å². The zero-order chi connectivity index (χ0) is 8.97. The third-order valence-corrected chi connectivity index (χ3v) is 1.66. The Labute approximate surface area is 72.8 Å². The van der Waals surface area contributed by atoms with Crippen LogP contribution in [0.3, 0.4) is 0 Å². The summed E-state index contributed by atoms with van der Waals surface area (Å²) in [5.41, 5.74) is 5.88. The van der Waals surface area contributed by atoms with Crippen molar-refractivity contribution in [3.63, 3.8) is 0 Å². The van der Waals surface area contributed by atoms with Crippen molar-refractivity contribution in [1.82, 2.24) is 14.8 Å². The van der Waals surface area contributed by atoms with Gasteiger partial charge in [0.25, 0.3) is 0 Å².